The maximum absolute atomic E-state index is 12.8. The highest BCUT2D eigenvalue weighted by Gasteiger charge is 2.12. The number of rotatable bonds is 4. The smallest absolute Gasteiger partial charge is 0.141 e. The van der Waals surface area contributed by atoms with Crippen LogP contribution in [0.25, 0.3) is 0 Å². The third-order valence-corrected chi connectivity index (χ3v) is 3.69. The molecular formula is C16H19FN4. The summed E-state index contributed by atoms with van der Waals surface area (Å²) in [5, 5.41) is 3.19. The number of aromatic nitrogens is 2. The second-order valence-electron chi connectivity index (χ2n) is 5.29. The Morgan fingerprint density at radius 3 is 2.71 bits per heavy atom. The van der Waals surface area contributed by atoms with Gasteiger partial charge in [-0.15, -0.1) is 0 Å². The molecule has 0 aromatic carbocycles. The Bertz CT molecular complexity index is 579. The van der Waals surface area contributed by atoms with Gasteiger partial charge in [0.1, 0.15) is 17.5 Å². The lowest BCUT2D eigenvalue weighted by Crippen LogP contribution is -2.30. The standard InChI is InChI=1S/C16H19FN4/c17-14-4-5-15(20-12-14)19-11-13-6-7-18-16(10-13)21-8-2-1-3-9-21/h4-7,10,12H,1-3,8-9,11H2,(H,19,20). The summed E-state index contributed by atoms with van der Waals surface area (Å²) < 4.78 is 12.8. The number of piperidine rings is 1. The number of nitrogens with one attached hydrogen (secondary N) is 1. The van der Waals surface area contributed by atoms with Crippen LogP contribution in [-0.4, -0.2) is 23.1 Å². The van der Waals surface area contributed by atoms with Crippen molar-refractivity contribution >= 4 is 11.6 Å². The highest BCUT2D eigenvalue weighted by molar-refractivity contribution is 5.43. The first-order valence-corrected chi connectivity index (χ1v) is 7.36. The van der Waals surface area contributed by atoms with Crippen LogP contribution in [0.1, 0.15) is 24.8 Å². The predicted octanol–water partition coefficient (Wildman–Crippen LogP) is 3.22. The summed E-state index contributed by atoms with van der Waals surface area (Å²) in [5.41, 5.74) is 1.15. The first-order chi connectivity index (χ1) is 10.3. The summed E-state index contributed by atoms with van der Waals surface area (Å²) in [6, 6.07) is 7.15. The largest absolute Gasteiger partial charge is 0.366 e. The van der Waals surface area contributed by atoms with Crippen LogP contribution in [0.5, 0.6) is 0 Å². The van der Waals surface area contributed by atoms with Gasteiger partial charge in [-0.1, -0.05) is 0 Å². The van der Waals surface area contributed by atoms with E-state index in [-0.39, 0.29) is 5.82 Å². The van der Waals surface area contributed by atoms with Gasteiger partial charge in [0.25, 0.3) is 0 Å². The van der Waals surface area contributed by atoms with Crippen LogP contribution in [0.3, 0.4) is 0 Å². The van der Waals surface area contributed by atoms with Crippen molar-refractivity contribution in [1.82, 2.24) is 9.97 Å². The molecule has 1 N–H and O–H groups in total. The summed E-state index contributed by atoms with van der Waals surface area (Å²) in [6.45, 7) is 2.83. The molecule has 0 atom stereocenters. The van der Waals surface area contributed by atoms with Crippen molar-refractivity contribution in [2.75, 3.05) is 23.3 Å². The van der Waals surface area contributed by atoms with Gasteiger partial charge in [-0.2, -0.15) is 0 Å². The first-order valence-electron chi connectivity index (χ1n) is 7.36. The molecule has 1 saturated heterocycles. The molecule has 0 amide bonds. The van der Waals surface area contributed by atoms with E-state index in [2.05, 4.69) is 26.3 Å². The quantitative estimate of drug-likeness (QED) is 0.937. The molecule has 4 nitrogen and oxygen atoms in total. The second-order valence-corrected chi connectivity index (χ2v) is 5.29. The van der Waals surface area contributed by atoms with E-state index in [1.807, 2.05) is 12.3 Å². The van der Waals surface area contributed by atoms with Crippen LogP contribution >= 0.6 is 0 Å². The van der Waals surface area contributed by atoms with Crippen molar-refractivity contribution in [2.24, 2.45) is 0 Å². The zero-order chi connectivity index (χ0) is 14.5. The van der Waals surface area contributed by atoms with E-state index in [1.165, 1.54) is 31.5 Å². The summed E-state index contributed by atoms with van der Waals surface area (Å²) in [6.07, 6.45) is 6.86. The maximum Gasteiger partial charge on any atom is 0.141 e. The summed E-state index contributed by atoms with van der Waals surface area (Å²) in [4.78, 5) is 10.8. The third-order valence-electron chi connectivity index (χ3n) is 3.69. The normalized spacial score (nSPS) is 15.0. The Balaban J connectivity index is 1.64. The van der Waals surface area contributed by atoms with Crippen LogP contribution < -0.4 is 10.2 Å². The summed E-state index contributed by atoms with van der Waals surface area (Å²) >= 11 is 0. The van der Waals surface area contributed by atoms with Gasteiger partial charge in [0.05, 0.1) is 6.20 Å². The summed E-state index contributed by atoms with van der Waals surface area (Å²) in [7, 11) is 0. The minimum absolute atomic E-state index is 0.322. The highest BCUT2D eigenvalue weighted by atomic mass is 19.1. The highest BCUT2D eigenvalue weighted by Crippen LogP contribution is 2.18. The fourth-order valence-corrected chi connectivity index (χ4v) is 2.54. The van der Waals surface area contributed by atoms with Gasteiger partial charge >= 0.3 is 0 Å². The van der Waals surface area contributed by atoms with Gasteiger partial charge in [-0.05, 0) is 49.1 Å². The molecule has 5 heteroatoms. The number of hydrogen-bond donors (Lipinski definition) is 1. The molecule has 0 unspecified atom stereocenters. The number of hydrogen-bond acceptors (Lipinski definition) is 4. The zero-order valence-corrected chi connectivity index (χ0v) is 11.9. The molecule has 2 aromatic heterocycles. The molecule has 21 heavy (non-hydrogen) atoms. The molecule has 1 fully saturated rings. The third kappa shape index (κ3) is 3.68. The Morgan fingerprint density at radius 1 is 1.10 bits per heavy atom. The Morgan fingerprint density at radius 2 is 1.95 bits per heavy atom. The molecule has 3 heterocycles. The molecule has 0 aliphatic carbocycles. The van der Waals surface area contributed by atoms with Crippen LogP contribution in [0.4, 0.5) is 16.0 Å². The molecule has 3 rings (SSSR count). The summed E-state index contributed by atoms with van der Waals surface area (Å²) in [5.74, 6) is 1.39. The molecule has 110 valence electrons. The SMILES string of the molecule is Fc1ccc(NCc2ccnc(N3CCCCC3)c2)nc1. The fourth-order valence-electron chi connectivity index (χ4n) is 2.54. The maximum atomic E-state index is 12.8. The fraction of sp³-hybridized carbons (Fsp3) is 0.375. The minimum Gasteiger partial charge on any atom is -0.366 e. The lowest BCUT2D eigenvalue weighted by molar-refractivity contribution is 0.573. The van der Waals surface area contributed by atoms with E-state index in [9.17, 15) is 4.39 Å². The van der Waals surface area contributed by atoms with Gasteiger partial charge in [-0.3, -0.25) is 0 Å². The number of anilines is 2. The average molecular weight is 286 g/mol. The molecular weight excluding hydrogens is 267 g/mol. The zero-order valence-electron chi connectivity index (χ0n) is 11.9. The van der Waals surface area contributed by atoms with E-state index in [1.54, 1.807) is 6.07 Å². The van der Waals surface area contributed by atoms with E-state index in [0.29, 0.717) is 12.4 Å². The Hall–Kier alpha value is -2.17. The molecule has 1 aliphatic rings. The van der Waals surface area contributed by atoms with Crippen LogP contribution in [0, 0.1) is 5.82 Å². The van der Waals surface area contributed by atoms with Crippen molar-refractivity contribution in [3.8, 4) is 0 Å². The Labute approximate surface area is 124 Å². The molecule has 2 aromatic rings. The average Bonchev–Trinajstić information content (AvgIpc) is 2.55. The van der Waals surface area contributed by atoms with Crippen LogP contribution in [0.15, 0.2) is 36.7 Å². The van der Waals surface area contributed by atoms with Gasteiger partial charge in [-0.25, -0.2) is 14.4 Å². The Kier molecular flexibility index (Phi) is 4.28. The first kappa shape index (κ1) is 13.8. The monoisotopic (exact) mass is 286 g/mol. The van der Waals surface area contributed by atoms with Gasteiger partial charge in [0.2, 0.25) is 0 Å². The van der Waals surface area contributed by atoms with Gasteiger partial charge in [0, 0.05) is 25.8 Å². The van der Waals surface area contributed by atoms with Crippen molar-refractivity contribution in [3.05, 3.63) is 48.0 Å². The van der Waals surface area contributed by atoms with E-state index < -0.39 is 0 Å². The molecule has 0 saturated carbocycles. The molecule has 0 spiro atoms. The van der Waals surface area contributed by atoms with Crippen molar-refractivity contribution in [3.63, 3.8) is 0 Å². The topological polar surface area (TPSA) is 41.1 Å². The number of nitrogens with zero attached hydrogens (tertiary/aromatic N) is 3. The van der Waals surface area contributed by atoms with Gasteiger partial charge < -0.3 is 10.2 Å². The molecule has 0 radical (unpaired) electrons. The predicted molar refractivity (Wildman–Crippen MR) is 81.8 cm³/mol. The van der Waals surface area contributed by atoms with E-state index in [4.69, 9.17) is 0 Å². The molecule has 1 aliphatic heterocycles. The van der Waals surface area contributed by atoms with Crippen LogP contribution in [0.2, 0.25) is 0 Å². The van der Waals surface area contributed by atoms with Crippen LogP contribution in [-0.2, 0) is 6.54 Å². The molecule has 0 bridgehead atoms. The van der Waals surface area contributed by atoms with Gasteiger partial charge in [0.15, 0.2) is 0 Å². The minimum atomic E-state index is -0.322. The van der Waals surface area contributed by atoms with Crippen molar-refractivity contribution in [1.29, 1.82) is 0 Å². The number of pyridine rings is 2. The van der Waals surface area contributed by atoms with Crippen molar-refractivity contribution < 1.29 is 4.39 Å². The van der Waals surface area contributed by atoms with E-state index in [0.717, 1.165) is 24.5 Å². The lowest BCUT2D eigenvalue weighted by atomic mass is 10.1. The second kappa shape index (κ2) is 6.52. The van der Waals surface area contributed by atoms with Crippen molar-refractivity contribution in [2.45, 2.75) is 25.8 Å². The number of halogens is 1. The lowest BCUT2D eigenvalue weighted by Gasteiger charge is -2.27. The van der Waals surface area contributed by atoms with E-state index >= 15 is 0 Å².